The Balaban J connectivity index is 1.53. The normalized spacial score (nSPS) is 25.9. The molecule has 0 spiro atoms. The van der Waals surface area contributed by atoms with Crippen LogP contribution in [0, 0.1) is 0 Å². The molecule has 0 aromatic heterocycles. The lowest BCUT2D eigenvalue weighted by Crippen LogP contribution is -2.46. The van der Waals surface area contributed by atoms with Gasteiger partial charge in [-0.05, 0) is 43.4 Å². The van der Waals surface area contributed by atoms with E-state index in [1.54, 1.807) is 14.2 Å². The minimum absolute atomic E-state index is 0.169. The zero-order chi connectivity index (χ0) is 21.3. The number of ether oxygens (including phenoxy) is 4. The molecule has 6 heteroatoms. The molecule has 6 nitrogen and oxygen atoms in total. The van der Waals surface area contributed by atoms with Gasteiger partial charge in [-0.2, -0.15) is 0 Å². The first-order valence-electron chi connectivity index (χ1n) is 11.5. The number of benzene rings is 1. The van der Waals surface area contributed by atoms with Gasteiger partial charge in [-0.25, -0.2) is 0 Å². The van der Waals surface area contributed by atoms with E-state index >= 15 is 0 Å². The first kappa shape index (κ1) is 23.3. The number of hydrogen-bond donors (Lipinski definition) is 1. The summed E-state index contributed by atoms with van der Waals surface area (Å²) >= 11 is 0. The molecule has 1 aromatic rings. The van der Waals surface area contributed by atoms with Crippen LogP contribution in [0.4, 0.5) is 0 Å². The summed E-state index contributed by atoms with van der Waals surface area (Å²) < 4.78 is 23.0. The molecule has 3 rings (SSSR count). The molecule has 2 aliphatic rings. The highest BCUT2D eigenvalue weighted by molar-refractivity contribution is 5.43. The van der Waals surface area contributed by atoms with E-state index in [1.807, 2.05) is 18.2 Å². The molecule has 1 heterocycles. The lowest BCUT2D eigenvalue weighted by atomic mass is 9.91. The van der Waals surface area contributed by atoms with Crippen molar-refractivity contribution in [2.75, 3.05) is 40.5 Å². The molecule has 30 heavy (non-hydrogen) atoms. The summed E-state index contributed by atoms with van der Waals surface area (Å²) in [5.41, 5.74) is 0.783. The second-order valence-corrected chi connectivity index (χ2v) is 8.48. The van der Waals surface area contributed by atoms with E-state index in [9.17, 15) is 5.11 Å². The van der Waals surface area contributed by atoms with Gasteiger partial charge >= 0.3 is 0 Å². The zero-order valence-corrected chi connectivity index (χ0v) is 18.8. The molecule has 1 saturated heterocycles. The number of nitrogens with zero attached hydrogens (tertiary/aromatic N) is 1. The number of hydrogen-bond acceptors (Lipinski definition) is 6. The van der Waals surface area contributed by atoms with Crippen molar-refractivity contribution in [1.29, 1.82) is 0 Å². The molecule has 0 bridgehead atoms. The van der Waals surface area contributed by atoms with E-state index in [0.29, 0.717) is 30.3 Å². The second kappa shape index (κ2) is 11.9. The van der Waals surface area contributed by atoms with Gasteiger partial charge in [-0.15, -0.1) is 0 Å². The van der Waals surface area contributed by atoms with Crippen molar-refractivity contribution in [2.45, 2.75) is 76.2 Å². The first-order chi connectivity index (χ1) is 14.7. The highest BCUT2D eigenvalue weighted by atomic mass is 16.5. The average molecular weight is 422 g/mol. The third-order valence-electron chi connectivity index (χ3n) is 6.43. The zero-order valence-electron chi connectivity index (χ0n) is 18.8. The summed E-state index contributed by atoms with van der Waals surface area (Å²) in [6.07, 6.45) is 7.94. The Bertz CT molecular complexity index is 640. The lowest BCUT2D eigenvalue weighted by Gasteiger charge is -2.38. The fourth-order valence-electron chi connectivity index (χ4n) is 4.65. The van der Waals surface area contributed by atoms with Crippen LogP contribution in [0.2, 0.25) is 0 Å². The van der Waals surface area contributed by atoms with Crippen LogP contribution in [0.5, 0.6) is 11.5 Å². The number of aliphatic hydroxyl groups is 1. The van der Waals surface area contributed by atoms with Crippen molar-refractivity contribution in [3.8, 4) is 11.5 Å². The van der Waals surface area contributed by atoms with Crippen LogP contribution in [0.3, 0.4) is 0 Å². The van der Waals surface area contributed by atoms with E-state index in [-0.39, 0.29) is 6.10 Å². The summed E-state index contributed by atoms with van der Waals surface area (Å²) in [4.78, 5) is 2.56. The molecule has 1 saturated carbocycles. The Morgan fingerprint density at radius 2 is 1.87 bits per heavy atom. The maximum Gasteiger partial charge on any atom is 0.161 e. The molecule has 1 N–H and O–H groups in total. The number of methoxy groups -OCH3 is 2. The van der Waals surface area contributed by atoms with Gasteiger partial charge in [0.25, 0.3) is 0 Å². The van der Waals surface area contributed by atoms with E-state index in [4.69, 9.17) is 18.9 Å². The Hall–Kier alpha value is -1.34. The SMILES string of the molecule is CCCCO[C@@H]1CCN([C@@H]2CCCC[C@H]2OCC(O)c2ccc(OC)c(OC)c2)C1. The summed E-state index contributed by atoms with van der Waals surface area (Å²) in [5.74, 6) is 1.28. The van der Waals surface area contributed by atoms with Crippen LogP contribution in [0.1, 0.15) is 63.5 Å². The quantitative estimate of drug-likeness (QED) is 0.546. The van der Waals surface area contributed by atoms with Crippen molar-refractivity contribution >= 4 is 0 Å². The number of unbranched alkanes of at least 4 members (excludes halogenated alkanes) is 1. The standard InChI is InChI=1S/C24H39NO5/c1-4-5-14-29-19-12-13-25(16-19)20-8-6-7-9-22(20)30-17-21(26)18-10-11-23(27-2)24(15-18)28-3/h10-11,15,19-22,26H,4-9,12-14,16-17H2,1-3H3/t19-,20-,21?,22-/m1/s1. The van der Waals surface area contributed by atoms with Crippen molar-refractivity contribution in [2.24, 2.45) is 0 Å². The Labute approximate surface area is 181 Å². The number of likely N-dealkylation sites (tertiary alicyclic amines) is 1. The Morgan fingerprint density at radius 1 is 1.07 bits per heavy atom. The Morgan fingerprint density at radius 3 is 2.63 bits per heavy atom. The Kier molecular flexibility index (Phi) is 9.25. The number of aliphatic hydroxyl groups excluding tert-OH is 1. The van der Waals surface area contributed by atoms with Gasteiger partial charge in [0.05, 0.1) is 33.0 Å². The summed E-state index contributed by atoms with van der Waals surface area (Å²) in [5, 5.41) is 10.7. The van der Waals surface area contributed by atoms with Crippen LogP contribution < -0.4 is 9.47 Å². The van der Waals surface area contributed by atoms with Gasteiger partial charge in [-0.3, -0.25) is 4.90 Å². The molecular formula is C24H39NO5. The summed E-state index contributed by atoms with van der Waals surface area (Å²) in [7, 11) is 3.21. The fraction of sp³-hybridized carbons (Fsp3) is 0.750. The lowest BCUT2D eigenvalue weighted by molar-refractivity contribution is -0.0650. The fourth-order valence-corrected chi connectivity index (χ4v) is 4.65. The van der Waals surface area contributed by atoms with Crippen molar-refractivity contribution in [3.63, 3.8) is 0 Å². The number of rotatable bonds is 11. The maximum absolute atomic E-state index is 10.7. The molecule has 2 fully saturated rings. The summed E-state index contributed by atoms with van der Waals surface area (Å²) in [6, 6.07) is 5.94. The molecule has 4 atom stereocenters. The molecular weight excluding hydrogens is 382 g/mol. The van der Waals surface area contributed by atoms with Gasteiger partial charge < -0.3 is 24.1 Å². The largest absolute Gasteiger partial charge is 0.493 e. The predicted molar refractivity (Wildman–Crippen MR) is 117 cm³/mol. The van der Waals surface area contributed by atoms with Crippen LogP contribution in [-0.4, -0.2) is 68.8 Å². The minimum Gasteiger partial charge on any atom is -0.493 e. The van der Waals surface area contributed by atoms with Crippen molar-refractivity contribution in [3.05, 3.63) is 23.8 Å². The topological polar surface area (TPSA) is 60.4 Å². The monoisotopic (exact) mass is 421 g/mol. The van der Waals surface area contributed by atoms with Gasteiger partial charge in [0.15, 0.2) is 11.5 Å². The third kappa shape index (κ3) is 6.10. The van der Waals surface area contributed by atoms with Crippen LogP contribution >= 0.6 is 0 Å². The minimum atomic E-state index is -0.684. The highest BCUT2D eigenvalue weighted by Crippen LogP contribution is 2.32. The molecule has 1 aliphatic carbocycles. The maximum atomic E-state index is 10.7. The van der Waals surface area contributed by atoms with Gasteiger partial charge in [-0.1, -0.05) is 32.3 Å². The van der Waals surface area contributed by atoms with Crippen LogP contribution in [-0.2, 0) is 9.47 Å². The van der Waals surface area contributed by atoms with Gasteiger partial charge in [0, 0.05) is 25.7 Å². The molecule has 0 radical (unpaired) electrons. The molecule has 170 valence electrons. The van der Waals surface area contributed by atoms with Crippen LogP contribution in [0.15, 0.2) is 18.2 Å². The van der Waals surface area contributed by atoms with E-state index in [0.717, 1.165) is 44.5 Å². The van der Waals surface area contributed by atoms with Gasteiger partial charge in [0.1, 0.15) is 6.10 Å². The van der Waals surface area contributed by atoms with E-state index in [2.05, 4.69) is 11.8 Å². The average Bonchev–Trinajstić information content (AvgIpc) is 3.26. The first-order valence-corrected chi connectivity index (χ1v) is 11.5. The van der Waals surface area contributed by atoms with E-state index in [1.165, 1.54) is 25.7 Å². The third-order valence-corrected chi connectivity index (χ3v) is 6.43. The molecule has 1 aliphatic heterocycles. The highest BCUT2D eigenvalue weighted by Gasteiger charge is 2.35. The predicted octanol–water partition coefficient (Wildman–Crippen LogP) is 3.96. The van der Waals surface area contributed by atoms with Gasteiger partial charge in [0.2, 0.25) is 0 Å². The van der Waals surface area contributed by atoms with E-state index < -0.39 is 6.10 Å². The smallest absolute Gasteiger partial charge is 0.161 e. The second-order valence-electron chi connectivity index (χ2n) is 8.48. The summed E-state index contributed by atoms with van der Waals surface area (Å²) in [6.45, 7) is 5.45. The molecule has 0 amide bonds. The van der Waals surface area contributed by atoms with Crippen molar-refractivity contribution in [1.82, 2.24) is 4.90 Å². The molecule has 1 aromatic carbocycles. The van der Waals surface area contributed by atoms with Crippen LogP contribution in [0.25, 0.3) is 0 Å². The molecule has 1 unspecified atom stereocenters. The van der Waals surface area contributed by atoms with Crippen molar-refractivity contribution < 1.29 is 24.1 Å².